The summed E-state index contributed by atoms with van der Waals surface area (Å²) in [6, 6.07) is 6.04. The van der Waals surface area contributed by atoms with Crippen LogP contribution in [0.2, 0.25) is 0 Å². The monoisotopic (exact) mass is 284 g/mol. The number of rotatable bonds is 4. The molecule has 1 amide bonds. The SMILES string of the molecule is CC1NC(c2ccccc2F)N(CCS(C)=O)C1=O. The minimum Gasteiger partial charge on any atom is -0.321 e. The van der Waals surface area contributed by atoms with Crippen LogP contribution in [0.25, 0.3) is 0 Å². The van der Waals surface area contributed by atoms with E-state index < -0.39 is 17.0 Å². The molecule has 3 atom stereocenters. The average Bonchev–Trinajstić information content (AvgIpc) is 2.64. The molecule has 1 N–H and O–H groups in total. The van der Waals surface area contributed by atoms with Gasteiger partial charge in [-0.25, -0.2) is 4.39 Å². The van der Waals surface area contributed by atoms with Crippen LogP contribution in [0.15, 0.2) is 24.3 Å². The van der Waals surface area contributed by atoms with E-state index in [0.29, 0.717) is 17.9 Å². The van der Waals surface area contributed by atoms with Gasteiger partial charge in [-0.2, -0.15) is 0 Å². The van der Waals surface area contributed by atoms with Gasteiger partial charge in [0.15, 0.2) is 0 Å². The Balaban J connectivity index is 2.25. The second kappa shape index (κ2) is 5.79. The maximum atomic E-state index is 13.8. The quantitative estimate of drug-likeness (QED) is 0.898. The van der Waals surface area contributed by atoms with Crippen molar-refractivity contribution in [3.05, 3.63) is 35.6 Å². The second-order valence-corrected chi connectivity index (χ2v) is 6.18. The molecule has 1 heterocycles. The van der Waals surface area contributed by atoms with Crippen molar-refractivity contribution in [1.82, 2.24) is 10.2 Å². The summed E-state index contributed by atoms with van der Waals surface area (Å²) in [7, 11) is -0.980. The van der Waals surface area contributed by atoms with E-state index >= 15 is 0 Å². The fourth-order valence-corrected chi connectivity index (χ4v) is 2.65. The zero-order valence-corrected chi connectivity index (χ0v) is 11.7. The van der Waals surface area contributed by atoms with E-state index in [-0.39, 0.29) is 17.8 Å². The summed E-state index contributed by atoms with van der Waals surface area (Å²) in [5.74, 6) is -0.0336. The van der Waals surface area contributed by atoms with Crippen LogP contribution in [0.3, 0.4) is 0 Å². The molecule has 104 valence electrons. The van der Waals surface area contributed by atoms with Crippen molar-refractivity contribution in [2.45, 2.75) is 19.1 Å². The number of nitrogens with zero attached hydrogens (tertiary/aromatic N) is 1. The number of hydrogen-bond donors (Lipinski definition) is 1. The van der Waals surface area contributed by atoms with E-state index in [4.69, 9.17) is 0 Å². The van der Waals surface area contributed by atoms with Crippen molar-refractivity contribution < 1.29 is 13.4 Å². The van der Waals surface area contributed by atoms with Gasteiger partial charge < -0.3 is 4.90 Å². The molecule has 2 rings (SSSR count). The Labute approximate surface area is 114 Å². The van der Waals surface area contributed by atoms with Gasteiger partial charge in [0.2, 0.25) is 5.91 Å². The second-order valence-electron chi connectivity index (χ2n) is 4.62. The molecular weight excluding hydrogens is 267 g/mol. The fourth-order valence-electron chi connectivity index (χ4n) is 2.19. The molecule has 1 aliphatic heterocycles. The number of carbonyl (C=O) groups is 1. The fraction of sp³-hybridized carbons (Fsp3) is 0.462. The smallest absolute Gasteiger partial charge is 0.241 e. The third kappa shape index (κ3) is 3.01. The number of amides is 1. The zero-order chi connectivity index (χ0) is 14.0. The molecule has 0 aromatic heterocycles. The molecule has 1 fully saturated rings. The Kier molecular flexibility index (Phi) is 4.31. The lowest BCUT2D eigenvalue weighted by Crippen LogP contribution is -2.34. The molecule has 0 aliphatic carbocycles. The van der Waals surface area contributed by atoms with Crippen molar-refractivity contribution in [1.29, 1.82) is 0 Å². The molecule has 1 aliphatic rings. The highest BCUT2D eigenvalue weighted by molar-refractivity contribution is 7.84. The lowest BCUT2D eigenvalue weighted by Gasteiger charge is -2.24. The third-order valence-corrected chi connectivity index (χ3v) is 3.95. The molecule has 0 radical (unpaired) electrons. The van der Waals surface area contributed by atoms with E-state index in [0.717, 1.165) is 0 Å². The molecule has 6 heteroatoms. The maximum absolute atomic E-state index is 13.8. The van der Waals surface area contributed by atoms with Crippen LogP contribution >= 0.6 is 0 Å². The van der Waals surface area contributed by atoms with Gasteiger partial charge in [-0.1, -0.05) is 18.2 Å². The van der Waals surface area contributed by atoms with Crippen LogP contribution in [0, 0.1) is 5.82 Å². The average molecular weight is 284 g/mol. The van der Waals surface area contributed by atoms with Gasteiger partial charge in [0.1, 0.15) is 12.0 Å². The van der Waals surface area contributed by atoms with Crippen molar-refractivity contribution >= 4 is 16.7 Å². The predicted octanol–water partition coefficient (Wildman–Crippen LogP) is 1.02. The first kappa shape index (κ1) is 14.1. The minimum atomic E-state index is -0.980. The van der Waals surface area contributed by atoms with Crippen molar-refractivity contribution in [3.8, 4) is 0 Å². The molecule has 19 heavy (non-hydrogen) atoms. The number of carbonyl (C=O) groups excluding carboxylic acids is 1. The first-order valence-corrected chi connectivity index (χ1v) is 7.84. The maximum Gasteiger partial charge on any atom is 0.241 e. The van der Waals surface area contributed by atoms with E-state index in [1.54, 1.807) is 36.3 Å². The molecule has 0 spiro atoms. The van der Waals surface area contributed by atoms with Crippen molar-refractivity contribution in [2.24, 2.45) is 0 Å². The van der Waals surface area contributed by atoms with Crippen LogP contribution in [0.4, 0.5) is 4.39 Å². The van der Waals surface area contributed by atoms with Gasteiger partial charge in [0, 0.05) is 34.9 Å². The Hall–Kier alpha value is -1.27. The summed E-state index contributed by atoms with van der Waals surface area (Å²) in [6.07, 6.45) is 1.11. The Morgan fingerprint density at radius 3 is 2.74 bits per heavy atom. The van der Waals surface area contributed by atoms with Gasteiger partial charge in [-0.3, -0.25) is 14.3 Å². The molecular formula is C13H17FN2O2S. The summed E-state index contributed by atoms with van der Waals surface area (Å²) >= 11 is 0. The van der Waals surface area contributed by atoms with Crippen LogP contribution in [-0.4, -0.2) is 39.6 Å². The highest BCUT2D eigenvalue weighted by Crippen LogP contribution is 2.26. The summed E-state index contributed by atoms with van der Waals surface area (Å²) in [5, 5.41) is 3.07. The van der Waals surface area contributed by atoms with Crippen molar-refractivity contribution in [2.75, 3.05) is 18.6 Å². The summed E-state index contributed by atoms with van der Waals surface area (Å²) in [5.41, 5.74) is 0.446. The molecule has 1 aromatic carbocycles. The Morgan fingerprint density at radius 1 is 1.42 bits per heavy atom. The molecule has 0 bridgehead atoms. The number of hydrogen-bond acceptors (Lipinski definition) is 3. The molecule has 0 saturated carbocycles. The summed E-state index contributed by atoms with van der Waals surface area (Å²) in [4.78, 5) is 13.6. The number of halogens is 1. The summed E-state index contributed by atoms with van der Waals surface area (Å²) < 4.78 is 25.0. The highest BCUT2D eigenvalue weighted by atomic mass is 32.2. The Bertz CT molecular complexity index is 509. The van der Waals surface area contributed by atoms with E-state index in [9.17, 15) is 13.4 Å². The molecule has 3 unspecified atom stereocenters. The van der Waals surface area contributed by atoms with Crippen LogP contribution in [0.1, 0.15) is 18.7 Å². The van der Waals surface area contributed by atoms with Gasteiger partial charge in [0.05, 0.1) is 6.04 Å². The minimum absolute atomic E-state index is 0.0845. The van der Waals surface area contributed by atoms with Crippen LogP contribution < -0.4 is 5.32 Å². The Morgan fingerprint density at radius 2 is 2.11 bits per heavy atom. The first-order valence-electron chi connectivity index (χ1n) is 6.11. The molecule has 4 nitrogen and oxygen atoms in total. The third-order valence-electron chi connectivity index (χ3n) is 3.19. The molecule has 1 saturated heterocycles. The van der Waals surface area contributed by atoms with Crippen LogP contribution in [-0.2, 0) is 15.6 Å². The lowest BCUT2D eigenvalue weighted by molar-refractivity contribution is -0.129. The number of nitrogens with one attached hydrogen (secondary N) is 1. The predicted molar refractivity (Wildman–Crippen MR) is 72.4 cm³/mol. The van der Waals surface area contributed by atoms with E-state index in [2.05, 4.69) is 5.32 Å². The van der Waals surface area contributed by atoms with Gasteiger partial charge >= 0.3 is 0 Å². The lowest BCUT2D eigenvalue weighted by atomic mass is 10.1. The van der Waals surface area contributed by atoms with Gasteiger partial charge in [-0.15, -0.1) is 0 Å². The number of benzene rings is 1. The first-order chi connectivity index (χ1) is 9.00. The zero-order valence-electron chi connectivity index (χ0n) is 10.9. The summed E-state index contributed by atoms with van der Waals surface area (Å²) in [6.45, 7) is 2.11. The topological polar surface area (TPSA) is 49.4 Å². The standard InChI is InChI=1S/C13H17FN2O2S/c1-9-13(17)16(7-8-19(2)18)12(15-9)10-5-3-4-6-11(10)14/h3-6,9,12,15H,7-8H2,1-2H3. The van der Waals surface area contributed by atoms with Crippen molar-refractivity contribution in [3.63, 3.8) is 0 Å². The van der Waals surface area contributed by atoms with E-state index in [1.807, 2.05) is 0 Å². The normalized spacial score (nSPS) is 24.8. The molecule has 1 aromatic rings. The van der Waals surface area contributed by atoms with Gasteiger partial charge in [0.25, 0.3) is 0 Å². The van der Waals surface area contributed by atoms with Gasteiger partial charge in [-0.05, 0) is 13.0 Å². The van der Waals surface area contributed by atoms with Crippen LogP contribution in [0.5, 0.6) is 0 Å². The van der Waals surface area contributed by atoms with E-state index in [1.165, 1.54) is 6.07 Å². The highest BCUT2D eigenvalue weighted by Gasteiger charge is 2.37. The largest absolute Gasteiger partial charge is 0.321 e.